The van der Waals surface area contributed by atoms with Gasteiger partial charge in [-0.1, -0.05) is 12.1 Å². The smallest absolute Gasteiger partial charge is 0.338 e. The molecule has 1 amide bonds. The van der Waals surface area contributed by atoms with Crippen molar-refractivity contribution in [3.05, 3.63) is 69.3 Å². The van der Waals surface area contributed by atoms with Crippen LogP contribution < -0.4 is 5.32 Å². The van der Waals surface area contributed by atoms with Crippen molar-refractivity contribution in [1.82, 2.24) is 0 Å². The lowest BCUT2D eigenvalue weighted by Gasteiger charge is -2.09. The summed E-state index contributed by atoms with van der Waals surface area (Å²) in [6, 6.07) is 6.34. The fraction of sp³-hybridized carbons (Fsp3) is 0.125. The highest BCUT2D eigenvalue weighted by Gasteiger charge is 2.19. The zero-order chi connectivity index (χ0) is 18.6. The van der Waals surface area contributed by atoms with E-state index < -0.39 is 40.6 Å². The number of aryl methyl sites for hydroxylation is 1. The first-order valence-electron chi connectivity index (χ1n) is 6.95. The maximum absolute atomic E-state index is 13.0. The van der Waals surface area contributed by atoms with Gasteiger partial charge in [0.1, 0.15) is 17.3 Å². The average Bonchev–Trinajstić information content (AvgIpc) is 2.53. The van der Waals surface area contributed by atoms with Crippen LogP contribution in [0, 0.1) is 28.7 Å². The number of ether oxygens (including phenoxy) is 1. The number of amides is 1. The van der Waals surface area contributed by atoms with E-state index in [2.05, 4.69) is 10.1 Å². The number of nitro groups is 1. The van der Waals surface area contributed by atoms with Gasteiger partial charge in [0.05, 0.1) is 10.5 Å². The highest BCUT2D eigenvalue weighted by atomic mass is 19.1. The maximum Gasteiger partial charge on any atom is 0.338 e. The van der Waals surface area contributed by atoms with Crippen LogP contribution in [0.4, 0.5) is 20.2 Å². The van der Waals surface area contributed by atoms with Crippen molar-refractivity contribution in [3.63, 3.8) is 0 Å². The molecule has 0 saturated heterocycles. The van der Waals surface area contributed by atoms with Gasteiger partial charge in [0.15, 0.2) is 6.61 Å². The molecule has 7 nitrogen and oxygen atoms in total. The maximum atomic E-state index is 13.0. The third-order valence-electron chi connectivity index (χ3n) is 3.14. The van der Waals surface area contributed by atoms with Gasteiger partial charge in [-0.05, 0) is 24.6 Å². The molecule has 0 saturated carbocycles. The van der Waals surface area contributed by atoms with Crippen LogP contribution in [0.15, 0.2) is 36.4 Å². The van der Waals surface area contributed by atoms with E-state index in [1.807, 2.05) is 0 Å². The van der Waals surface area contributed by atoms with Crippen LogP contribution in [0.1, 0.15) is 15.9 Å². The van der Waals surface area contributed by atoms with Crippen molar-refractivity contribution in [1.29, 1.82) is 0 Å². The number of nitro benzene ring substituents is 1. The van der Waals surface area contributed by atoms with Crippen molar-refractivity contribution in [3.8, 4) is 0 Å². The lowest BCUT2D eigenvalue weighted by atomic mass is 10.1. The monoisotopic (exact) mass is 350 g/mol. The third-order valence-corrected chi connectivity index (χ3v) is 3.14. The molecule has 0 aliphatic rings. The summed E-state index contributed by atoms with van der Waals surface area (Å²) in [5, 5.41) is 13.3. The molecule has 2 aromatic rings. The van der Waals surface area contributed by atoms with Crippen molar-refractivity contribution in [2.75, 3.05) is 11.9 Å². The van der Waals surface area contributed by atoms with E-state index in [1.165, 1.54) is 12.1 Å². The van der Waals surface area contributed by atoms with Gasteiger partial charge < -0.3 is 10.1 Å². The van der Waals surface area contributed by atoms with Crippen LogP contribution >= 0.6 is 0 Å². The van der Waals surface area contributed by atoms with Crippen LogP contribution in [0.5, 0.6) is 0 Å². The van der Waals surface area contributed by atoms with Gasteiger partial charge in [-0.3, -0.25) is 14.9 Å². The van der Waals surface area contributed by atoms with E-state index in [0.29, 0.717) is 11.6 Å². The molecular formula is C16H12F2N2O5. The van der Waals surface area contributed by atoms with Crippen molar-refractivity contribution >= 4 is 23.3 Å². The largest absolute Gasteiger partial charge is 0.452 e. The van der Waals surface area contributed by atoms with E-state index in [-0.39, 0.29) is 11.4 Å². The Hall–Kier alpha value is -3.36. The van der Waals surface area contributed by atoms with Crippen LogP contribution in [-0.4, -0.2) is 23.4 Å². The zero-order valence-electron chi connectivity index (χ0n) is 12.9. The fourth-order valence-corrected chi connectivity index (χ4v) is 2.03. The lowest BCUT2D eigenvalue weighted by Crippen LogP contribution is -2.22. The highest BCUT2D eigenvalue weighted by Crippen LogP contribution is 2.27. The summed E-state index contributed by atoms with van der Waals surface area (Å²) in [5.41, 5.74) is -0.287. The SMILES string of the molecule is Cc1cccc([N+](=O)[O-])c1NC(=O)COC(=O)c1cc(F)cc(F)c1. The van der Waals surface area contributed by atoms with E-state index >= 15 is 0 Å². The van der Waals surface area contributed by atoms with Crippen LogP contribution in [0.2, 0.25) is 0 Å². The number of nitrogens with zero attached hydrogens (tertiary/aromatic N) is 1. The average molecular weight is 350 g/mol. The fourth-order valence-electron chi connectivity index (χ4n) is 2.03. The van der Waals surface area contributed by atoms with Gasteiger partial charge in [0, 0.05) is 12.1 Å². The summed E-state index contributed by atoms with van der Waals surface area (Å²) in [6.07, 6.45) is 0. The molecule has 130 valence electrons. The first-order valence-corrected chi connectivity index (χ1v) is 6.95. The molecule has 0 atom stereocenters. The van der Waals surface area contributed by atoms with Crippen LogP contribution in [-0.2, 0) is 9.53 Å². The van der Waals surface area contributed by atoms with Crippen LogP contribution in [0.3, 0.4) is 0 Å². The molecule has 1 N–H and O–H groups in total. The molecule has 0 heterocycles. The number of halogens is 2. The number of para-hydroxylation sites is 1. The molecule has 2 aromatic carbocycles. The number of hydrogen-bond donors (Lipinski definition) is 1. The number of benzene rings is 2. The van der Waals surface area contributed by atoms with E-state index in [0.717, 1.165) is 12.1 Å². The van der Waals surface area contributed by atoms with Gasteiger partial charge in [0.2, 0.25) is 0 Å². The molecular weight excluding hydrogens is 338 g/mol. The van der Waals surface area contributed by atoms with E-state index in [4.69, 9.17) is 0 Å². The Morgan fingerprint density at radius 3 is 2.44 bits per heavy atom. The summed E-state index contributed by atoms with van der Waals surface area (Å²) >= 11 is 0. The van der Waals surface area contributed by atoms with Gasteiger partial charge in [-0.15, -0.1) is 0 Å². The summed E-state index contributed by atoms with van der Waals surface area (Å²) in [4.78, 5) is 33.9. The van der Waals surface area contributed by atoms with Gasteiger partial charge >= 0.3 is 5.97 Å². The van der Waals surface area contributed by atoms with Crippen LogP contribution in [0.25, 0.3) is 0 Å². The first kappa shape index (κ1) is 18.0. The number of anilines is 1. The van der Waals surface area contributed by atoms with Gasteiger partial charge in [-0.25, -0.2) is 13.6 Å². The minimum atomic E-state index is -1.10. The second-order valence-corrected chi connectivity index (χ2v) is 5.01. The van der Waals surface area contributed by atoms with Crippen molar-refractivity contribution in [2.24, 2.45) is 0 Å². The van der Waals surface area contributed by atoms with Gasteiger partial charge in [0.25, 0.3) is 11.6 Å². The minimum Gasteiger partial charge on any atom is -0.452 e. The highest BCUT2D eigenvalue weighted by molar-refractivity contribution is 5.97. The molecule has 0 aromatic heterocycles. The topological polar surface area (TPSA) is 98.5 Å². The molecule has 0 aliphatic heterocycles. The third kappa shape index (κ3) is 4.56. The summed E-state index contributed by atoms with van der Waals surface area (Å²) in [7, 11) is 0. The Morgan fingerprint density at radius 1 is 1.20 bits per heavy atom. The van der Waals surface area contributed by atoms with Gasteiger partial charge in [-0.2, -0.15) is 0 Å². The standard InChI is InChI=1S/C16H12F2N2O5/c1-9-3-2-4-13(20(23)24)15(9)19-14(21)8-25-16(22)10-5-11(17)7-12(18)6-10/h2-7H,8H2,1H3,(H,19,21). The Kier molecular flexibility index (Phi) is 5.38. The Morgan fingerprint density at radius 2 is 1.84 bits per heavy atom. The molecule has 0 aliphatic carbocycles. The summed E-state index contributed by atoms with van der Waals surface area (Å²) < 4.78 is 30.8. The molecule has 0 fully saturated rings. The predicted molar refractivity (Wildman–Crippen MR) is 83.1 cm³/mol. The van der Waals surface area contributed by atoms with Crippen molar-refractivity contribution < 1.29 is 28.0 Å². The minimum absolute atomic E-state index is 0.0228. The number of carbonyl (C=O) groups is 2. The van der Waals surface area contributed by atoms with E-state index in [9.17, 15) is 28.5 Å². The number of esters is 1. The number of nitrogens with one attached hydrogen (secondary N) is 1. The number of hydrogen-bond acceptors (Lipinski definition) is 5. The van der Waals surface area contributed by atoms with E-state index in [1.54, 1.807) is 13.0 Å². The predicted octanol–water partition coefficient (Wildman–Crippen LogP) is 2.98. The Balaban J connectivity index is 2.04. The Bertz CT molecular complexity index is 834. The van der Waals surface area contributed by atoms with Crippen molar-refractivity contribution in [2.45, 2.75) is 6.92 Å². The zero-order valence-corrected chi connectivity index (χ0v) is 12.9. The number of rotatable bonds is 5. The molecule has 0 spiro atoms. The lowest BCUT2D eigenvalue weighted by molar-refractivity contribution is -0.384. The quantitative estimate of drug-likeness (QED) is 0.508. The normalized spacial score (nSPS) is 10.2. The second-order valence-electron chi connectivity index (χ2n) is 5.01. The summed E-state index contributed by atoms with van der Waals surface area (Å²) in [6.45, 7) is 0.784. The summed E-state index contributed by atoms with van der Waals surface area (Å²) in [5.74, 6) is -3.87. The molecule has 0 radical (unpaired) electrons. The molecule has 0 bridgehead atoms. The Labute approximate surface area is 140 Å². The first-order chi connectivity index (χ1) is 11.8. The number of carbonyl (C=O) groups excluding carboxylic acids is 2. The molecule has 2 rings (SSSR count). The molecule has 25 heavy (non-hydrogen) atoms. The molecule has 0 unspecified atom stereocenters. The second kappa shape index (κ2) is 7.47. The molecule has 9 heteroatoms.